The third-order valence-electron chi connectivity index (χ3n) is 4.47. The second-order valence-electron chi connectivity index (χ2n) is 6.30. The summed E-state index contributed by atoms with van der Waals surface area (Å²) in [6.45, 7) is 2.58. The van der Waals surface area contributed by atoms with Crippen molar-refractivity contribution in [2.45, 2.75) is 25.0 Å². The Morgan fingerprint density at radius 2 is 2.12 bits per heavy atom. The minimum Gasteiger partial charge on any atom is -0.376 e. The van der Waals surface area contributed by atoms with Gasteiger partial charge in [0.05, 0.1) is 36.1 Å². The number of hydrogen-bond acceptors (Lipinski definition) is 6. The average Bonchev–Trinajstić information content (AvgIpc) is 2.95. The predicted molar refractivity (Wildman–Crippen MR) is 94.8 cm³/mol. The maximum atomic E-state index is 12.3. The lowest BCUT2D eigenvalue weighted by Crippen LogP contribution is -2.20. The van der Waals surface area contributed by atoms with E-state index in [-0.39, 0.29) is 11.6 Å². The molecule has 3 aromatic rings. The average molecular weight is 368 g/mol. The first-order valence-corrected chi connectivity index (χ1v) is 9.98. The lowest BCUT2D eigenvalue weighted by Gasteiger charge is -2.19. The lowest BCUT2D eigenvalue weighted by atomic mass is 10.1. The predicted octanol–water partition coefficient (Wildman–Crippen LogP) is 2.08. The van der Waals surface area contributed by atoms with Crippen molar-refractivity contribution in [3.05, 3.63) is 46.8 Å². The third-order valence-corrected chi connectivity index (χ3v) is 5.51. The van der Waals surface area contributed by atoms with Crippen molar-refractivity contribution in [2.75, 3.05) is 12.9 Å². The highest BCUT2D eigenvalue weighted by molar-refractivity contribution is 7.90. The molecule has 0 atom stereocenters. The topological polar surface area (TPSA) is 97.9 Å². The van der Waals surface area contributed by atoms with Crippen molar-refractivity contribution < 1.29 is 13.2 Å². The molecule has 1 aliphatic heterocycles. The molecule has 8 heteroatoms. The van der Waals surface area contributed by atoms with Gasteiger partial charge < -0.3 is 4.74 Å². The summed E-state index contributed by atoms with van der Waals surface area (Å²) in [6, 6.07) is 9.48. The maximum absolute atomic E-state index is 12.3. The zero-order valence-corrected chi connectivity index (χ0v) is 15.2. The number of sulfone groups is 1. The highest BCUT2D eigenvalue weighted by Gasteiger charge is 2.25. The van der Waals surface area contributed by atoms with E-state index in [9.17, 15) is 13.7 Å². The molecule has 0 saturated heterocycles. The van der Waals surface area contributed by atoms with Crippen LogP contribution in [0.4, 0.5) is 0 Å². The fraction of sp³-hybridized carbons (Fsp3) is 0.278. The van der Waals surface area contributed by atoms with Gasteiger partial charge in [-0.05, 0) is 25.1 Å². The minimum atomic E-state index is -3.53. The summed E-state index contributed by atoms with van der Waals surface area (Å²) in [7, 11) is -3.53. The van der Waals surface area contributed by atoms with Crippen molar-refractivity contribution >= 4 is 20.7 Å². The molecule has 132 valence electrons. The van der Waals surface area contributed by atoms with Gasteiger partial charge in [-0.1, -0.05) is 6.07 Å². The molecule has 0 amide bonds. The molecule has 0 aliphatic carbocycles. The molecular weight excluding hydrogens is 352 g/mol. The lowest BCUT2D eigenvalue weighted by molar-refractivity contribution is 0.106. The fourth-order valence-corrected chi connectivity index (χ4v) is 4.19. The number of nitriles is 1. The molecule has 7 nitrogen and oxygen atoms in total. The second kappa shape index (κ2) is 5.90. The van der Waals surface area contributed by atoms with Crippen molar-refractivity contribution in [3.63, 3.8) is 0 Å². The highest BCUT2D eigenvalue weighted by Crippen LogP contribution is 2.28. The van der Waals surface area contributed by atoms with Gasteiger partial charge in [-0.2, -0.15) is 5.26 Å². The van der Waals surface area contributed by atoms with Crippen LogP contribution in [0.1, 0.15) is 22.5 Å². The first-order chi connectivity index (χ1) is 12.4. The maximum Gasteiger partial charge on any atom is 0.235 e. The van der Waals surface area contributed by atoms with Gasteiger partial charge in [0.25, 0.3) is 0 Å². The first kappa shape index (κ1) is 16.7. The summed E-state index contributed by atoms with van der Waals surface area (Å²) in [6.07, 6.45) is 1.68. The van der Waals surface area contributed by atoms with Crippen LogP contribution in [0.3, 0.4) is 0 Å². The summed E-state index contributed by atoms with van der Waals surface area (Å²) in [5.41, 5.74) is 3.38. The highest BCUT2D eigenvalue weighted by atomic mass is 32.2. The molecule has 1 aromatic carbocycles. The summed E-state index contributed by atoms with van der Waals surface area (Å²) in [5, 5.41) is 10.1. The van der Waals surface area contributed by atoms with Crippen LogP contribution in [0, 0.1) is 18.3 Å². The molecule has 0 bridgehead atoms. The zero-order valence-electron chi connectivity index (χ0n) is 14.4. The molecule has 0 unspecified atom stereocenters. The Bertz CT molecular complexity index is 1190. The Labute approximate surface area is 150 Å². The molecule has 0 N–H and O–H groups in total. The van der Waals surface area contributed by atoms with Crippen LogP contribution < -0.4 is 0 Å². The standard InChI is InChI=1S/C18H16N4O3S/c1-11-8-13-12(9-19)4-3-5-16(13)22(11)18-20-15-6-7-25-10-14(15)17(21-18)26(2,23)24/h3-5,8H,6-7,10H2,1-2H3. The van der Waals surface area contributed by atoms with Crippen LogP contribution in [0.2, 0.25) is 0 Å². The minimum absolute atomic E-state index is 0.00916. The summed E-state index contributed by atoms with van der Waals surface area (Å²) < 4.78 is 31.7. The van der Waals surface area contributed by atoms with E-state index in [2.05, 4.69) is 16.0 Å². The van der Waals surface area contributed by atoms with Gasteiger partial charge in [-0.25, -0.2) is 18.4 Å². The molecule has 3 heterocycles. The SMILES string of the molecule is Cc1cc2c(C#N)cccc2n1-c1nc2c(c(S(C)(=O)=O)n1)COCC2. The van der Waals surface area contributed by atoms with Gasteiger partial charge in [0.1, 0.15) is 0 Å². The Morgan fingerprint density at radius 3 is 2.85 bits per heavy atom. The number of fused-ring (bicyclic) bond motifs is 2. The number of hydrogen-bond donors (Lipinski definition) is 0. The van der Waals surface area contributed by atoms with Crippen LogP contribution in [0.15, 0.2) is 29.3 Å². The van der Waals surface area contributed by atoms with E-state index >= 15 is 0 Å². The van der Waals surface area contributed by atoms with E-state index in [0.29, 0.717) is 35.8 Å². The number of benzene rings is 1. The molecule has 0 radical (unpaired) electrons. The van der Waals surface area contributed by atoms with Crippen molar-refractivity contribution in [1.82, 2.24) is 14.5 Å². The molecule has 1 aliphatic rings. The van der Waals surface area contributed by atoms with Crippen LogP contribution in [-0.2, 0) is 27.6 Å². The Hall–Kier alpha value is -2.76. The zero-order chi connectivity index (χ0) is 18.5. The van der Waals surface area contributed by atoms with Crippen LogP contribution in [-0.4, -0.2) is 35.8 Å². The van der Waals surface area contributed by atoms with E-state index in [0.717, 1.165) is 22.9 Å². The Balaban J connectivity index is 2.05. The number of aryl methyl sites for hydroxylation is 1. The van der Waals surface area contributed by atoms with Crippen LogP contribution in [0.25, 0.3) is 16.9 Å². The van der Waals surface area contributed by atoms with Gasteiger partial charge in [0.15, 0.2) is 14.9 Å². The van der Waals surface area contributed by atoms with E-state index in [1.807, 2.05) is 19.1 Å². The molecule has 0 fully saturated rings. The van der Waals surface area contributed by atoms with E-state index in [1.165, 1.54) is 0 Å². The smallest absolute Gasteiger partial charge is 0.235 e. The van der Waals surface area contributed by atoms with E-state index < -0.39 is 9.84 Å². The molecule has 0 saturated carbocycles. The quantitative estimate of drug-likeness (QED) is 0.642. The molecule has 0 spiro atoms. The van der Waals surface area contributed by atoms with E-state index in [1.54, 1.807) is 16.7 Å². The first-order valence-electron chi connectivity index (χ1n) is 8.09. The molecule has 2 aromatic heterocycles. The summed E-state index contributed by atoms with van der Waals surface area (Å²) in [4.78, 5) is 8.99. The normalized spacial score (nSPS) is 14.2. The molecule has 26 heavy (non-hydrogen) atoms. The number of aromatic nitrogens is 3. The van der Waals surface area contributed by atoms with Gasteiger partial charge >= 0.3 is 0 Å². The van der Waals surface area contributed by atoms with Gasteiger partial charge in [-0.3, -0.25) is 4.57 Å². The number of ether oxygens (including phenoxy) is 1. The van der Waals surface area contributed by atoms with Crippen molar-refractivity contribution in [2.24, 2.45) is 0 Å². The third kappa shape index (κ3) is 2.57. The van der Waals surface area contributed by atoms with Crippen LogP contribution in [0.5, 0.6) is 0 Å². The van der Waals surface area contributed by atoms with Crippen molar-refractivity contribution in [1.29, 1.82) is 5.26 Å². The summed E-state index contributed by atoms with van der Waals surface area (Å²) >= 11 is 0. The second-order valence-corrected chi connectivity index (χ2v) is 8.23. The van der Waals surface area contributed by atoms with Gasteiger partial charge in [0.2, 0.25) is 5.95 Å². The molecular formula is C18H16N4O3S. The largest absolute Gasteiger partial charge is 0.376 e. The molecule has 4 rings (SSSR count). The van der Waals surface area contributed by atoms with Crippen molar-refractivity contribution in [3.8, 4) is 12.0 Å². The Morgan fingerprint density at radius 1 is 1.31 bits per heavy atom. The van der Waals surface area contributed by atoms with Crippen LogP contribution >= 0.6 is 0 Å². The van der Waals surface area contributed by atoms with Gasteiger partial charge in [-0.15, -0.1) is 0 Å². The fourth-order valence-electron chi connectivity index (χ4n) is 3.32. The number of nitrogens with zero attached hydrogens (tertiary/aromatic N) is 4. The van der Waals surface area contributed by atoms with Gasteiger partial charge in [0, 0.05) is 29.3 Å². The number of rotatable bonds is 2. The Kier molecular flexibility index (Phi) is 3.79. The van der Waals surface area contributed by atoms with E-state index in [4.69, 9.17) is 4.74 Å². The monoisotopic (exact) mass is 368 g/mol. The summed E-state index contributed by atoms with van der Waals surface area (Å²) in [5.74, 6) is 0.300.